The number of para-hydroxylation sites is 2. The number of hydrogen-bond acceptors (Lipinski definition) is 3. The summed E-state index contributed by atoms with van der Waals surface area (Å²) in [6.45, 7) is 7.92. The third kappa shape index (κ3) is 6.99. The zero-order valence-corrected chi connectivity index (χ0v) is 18.5. The van der Waals surface area contributed by atoms with E-state index < -0.39 is 0 Å². The topological polar surface area (TPSA) is 56.2 Å². The van der Waals surface area contributed by atoms with Crippen LogP contribution in [-0.2, 0) is 17.8 Å². The Morgan fingerprint density at radius 3 is 2.81 bits per heavy atom. The summed E-state index contributed by atoms with van der Waals surface area (Å²) in [7, 11) is 0. The molecule has 0 bridgehead atoms. The van der Waals surface area contributed by atoms with Crippen LogP contribution in [0.5, 0.6) is 5.75 Å². The molecular weight excluding hydrogens is 386 g/mol. The summed E-state index contributed by atoms with van der Waals surface area (Å²) in [4.78, 5) is 16.1. The predicted octanol–water partition coefficient (Wildman–Crippen LogP) is 5.22. The van der Waals surface area contributed by atoms with Crippen LogP contribution < -0.4 is 10.1 Å². The van der Waals surface area contributed by atoms with Crippen molar-refractivity contribution in [2.24, 2.45) is 0 Å². The second-order valence-corrected chi connectivity index (χ2v) is 7.85. The first-order valence-corrected chi connectivity index (χ1v) is 11.2. The van der Waals surface area contributed by atoms with E-state index >= 15 is 0 Å². The highest BCUT2D eigenvalue weighted by molar-refractivity contribution is 5.86. The van der Waals surface area contributed by atoms with Gasteiger partial charge in [0.05, 0.1) is 17.6 Å². The van der Waals surface area contributed by atoms with E-state index in [0.29, 0.717) is 6.54 Å². The average Bonchev–Trinajstić information content (AvgIpc) is 3.13. The number of nitrogens with one attached hydrogen (secondary N) is 1. The molecule has 0 saturated carbocycles. The molecule has 1 amide bonds. The van der Waals surface area contributed by atoms with Crippen LogP contribution >= 0.6 is 0 Å². The van der Waals surface area contributed by atoms with E-state index in [-0.39, 0.29) is 5.91 Å². The molecule has 0 atom stereocenters. The molecule has 0 saturated heterocycles. The van der Waals surface area contributed by atoms with Gasteiger partial charge in [-0.2, -0.15) is 0 Å². The van der Waals surface area contributed by atoms with Crippen LogP contribution in [0.1, 0.15) is 43.5 Å². The first kappa shape index (κ1) is 22.6. The molecule has 0 fully saturated rings. The number of unbranched alkanes of at least 4 members (excludes halogenated alkanes) is 3. The van der Waals surface area contributed by atoms with E-state index in [9.17, 15) is 4.79 Å². The Hall–Kier alpha value is -3.08. The summed E-state index contributed by atoms with van der Waals surface area (Å²) < 4.78 is 8.25. The van der Waals surface area contributed by atoms with Crippen molar-refractivity contribution in [2.75, 3.05) is 13.2 Å². The fourth-order valence-electron chi connectivity index (χ4n) is 3.70. The minimum Gasteiger partial charge on any atom is -0.494 e. The molecule has 5 nitrogen and oxygen atoms in total. The Morgan fingerprint density at radius 1 is 1.10 bits per heavy atom. The number of amides is 1. The Kier molecular flexibility index (Phi) is 8.71. The third-order valence-corrected chi connectivity index (χ3v) is 5.33. The number of hydrogen-bond donors (Lipinski definition) is 1. The lowest BCUT2D eigenvalue weighted by Gasteiger charge is -2.10. The quantitative estimate of drug-likeness (QED) is 0.305. The first-order chi connectivity index (χ1) is 15.2. The Balaban J connectivity index is 1.48. The van der Waals surface area contributed by atoms with E-state index in [1.54, 1.807) is 0 Å². The molecule has 5 heteroatoms. The van der Waals surface area contributed by atoms with E-state index in [1.165, 1.54) is 17.2 Å². The maximum absolute atomic E-state index is 11.2. The van der Waals surface area contributed by atoms with E-state index in [2.05, 4.69) is 53.7 Å². The average molecular weight is 420 g/mol. The van der Waals surface area contributed by atoms with Crippen LogP contribution in [0.2, 0.25) is 0 Å². The zero-order valence-electron chi connectivity index (χ0n) is 18.5. The number of carbonyl (C=O) groups is 1. The highest BCUT2D eigenvalue weighted by Gasteiger charge is 2.10. The largest absolute Gasteiger partial charge is 0.494 e. The highest BCUT2D eigenvalue weighted by Crippen LogP contribution is 2.19. The number of nitrogens with zero attached hydrogens (tertiary/aromatic N) is 2. The molecule has 1 heterocycles. The first-order valence-electron chi connectivity index (χ1n) is 11.2. The fraction of sp³-hybridized carbons (Fsp3) is 0.385. The lowest BCUT2D eigenvalue weighted by molar-refractivity contribution is -0.116. The molecule has 164 valence electrons. The lowest BCUT2D eigenvalue weighted by atomic mass is 10.2. The van der Waals surface area contributed by atoms with Crippen LogP contribution in [0.3, 0.4) is 0 Å². The number of carbonyl (C=O) groups excluding carboxylic acids is 1. The summed E-state index contributed by atoms with van der Waals surface area (Å²) >= 11 is 0. The molecule has 3 rings (SSSR count). The van der Waals surface area contributed by atoms with Gasteiger partial charge in [-0.15, -0.1) is 0 Å². The van der Waals surface area contributed by atoms with E-state index in [4.69, 9.17) is 9.72 Å². The second kappa shape index (κ2) is 11.9. The van der Waals surface area contributed by atoms with Gasteiger partial charge < -0.3 is 14.6 Å². The van der Waals surface area contributed by atoms with Crippen molar-refractivity contribution >= 4 is 16.9 Å². The normalized spacial score (nSPS) is 10.9. The molecule has 3 aromatic rings. The van der Waals surface area contributed by atoms with Crippen LogP contribution in [-0.4, -0.2) is 28.6 Å². The molecule has 0 radical (unpaired) electrons. The molecule has 0 aliphatic carbocycles. The van der Waals surface area contributed by atoms with E-state index in [0.717, 1.165) is 68.8 Å². The molecule has 0 spiro atoms. The molecule has 0 unspecified atom stereocenters. The zero-order chi connectivity index (χ0) is 21.9. The van der Waals surface area contributed by atoms with Gasteiger partial charge in [-0.3, -0.25) is 4.79 Å². The summed E-state index contributed by atoms with van der Waals surface area (Å²) in [6.07, 6.45) is 7.40. The van der Waals surface area contributed by atoms with Gasteiger partial charge in [-0.25, -0.2) is 4.98 Å². The van der Waals surface area contributed by atoms with Crippen molar-refractivity contribution in [3.63, 3.8) is 0 Å². The highest BCUT2D eigenvalue weighted by atomic mass is 16.5. The van der Waals surface area contributed by atoms with Crippen molar-refractivity contribution in [2.45, 2.75) is 52.0 Å². The van der Waals surface area contributed by atoms with Gasteiger partial charge in [0, 0.05) is 19.5 Å². The number of imidazole rings is 1. The summed E-state index contributed by atoms with van der Waals surface area (Å²) in [5, 5.41) is 2.83. The van der Waals surface area contributed by atoms with Gasteiger partial charge in [-0.1, -0.05) is 37.3 Å². The van der Waals surface area contributed by atoms with Crippen molar-refractivity contribution < 1.29 is 9.53 Å². The van der Waals surface area contributed by atoms with E-state index in [1.807, 2.05) is 18.2 Å². The minimum absolute atomic E-state index is 0.104. The molecule has 0 aliphatic heterocycles. The van der Waals surface area contributed by atoms with Crippen molar-refractivity contribution in [3.05, 3.63) is 72.6 Å². The standard InChI is InChI=1S/C26H33N3O2/c1-3-26(30)27-17-8-4-5-16-25-28-23-14-6-7-15-24(23)29(25)18-9-10-19-31-22-13-11-12-21(2)20-22/h3,6-7,11-15,20H,1,4-5,8-10,16-19H2,2H3,(H,27,30). The summed E-state index contributed by atoms with van der Waals surface area (Å²) in [5.41, 5.74) is 3.48. The molecule has 31 heavy (non-hydrogen) atoms. The Bertz CT molecular complexity index is 993. The number of fused-ring (bicyclic) bond motifs is 1. The Morgan fingerprint density at radius 2 is 1.97 bits per heavy atom. The van der Waals surface area contributed by atoms with Gasteiger partial charge in [0.2, 0.25) is 5.91 Å². The number of aryl methyl sites for hydroxylation is 3. The minimum atomic E-state index is -0.104. The molecule has 2 aromatic carbocycles. The van der Waals surface area contributed by atoms with Crippen LogP contribution in [0.4, 0.5) is 0 Å². The maximum Gasteiger partial charge on any atom is 0.243 e. The fourth-order valence-corrected chi connectivity index (χ4v) is 3.70. The van der Waals surface area contributed by atoms with Gasteiger partial charge in [-0.05, 0) is 68.5 Å². The van der Waals surface area contributed by atoms with Crippen molar-refractivity contribution in [1.82, 2.24) is 14.9 Å². The SMILES string of the molecule is C=CC(=O)NCCCCCc1nc2ccccc2n1CCCCOc1cccc(C)c1. The van der Waals surface area contributed by atoms with Crippen LogP contribution in [0.25, 0.3) is 11.0 Å². The van der Waals surface area contributed by atoms with Gasteiger partial charge in [0.15, 0.2) is 0 Å². The van der Waals surface area contributed by atoms with Crippen molar-refractivity contribution in [1.29, 1.82) is 0 Å². The smallest absolute Gasteiger partial charge is 0.243 e. The third-order valence-electron chi connectivity index (χ3n) is 5.33. The number of benzene rings is 2. The number of rotatable bonds is 13. The van der Waals surface area contributed by atoms with Gasteiger partial charge in [0.25, 0.3) is 0 Å². The molecule has 0 aliphatic rings. The Labute approximate surface area is 185 Å². The number of aromatic nitrogens is 2. The second-order valence-electron chi connectivity index (χ2n) is 7.85. The summed E-state index contributed by atoms with van der Waals surface area (Å²) in [5.74, 6) is 1.99. The number of ether oxygens (including phenoxy) is 1. The van der Waals surface area contributed by atoms with Gasteiger partial charge in [0.1, 0.15) is 11.6 Å². The van der Waals surface area contributed by atoms with Crippen molar-refractivity contribution in [3.8, 4) is 5.75 Å². The molecule has 1 aromatic heterocycles. The molecule has 1 N–H and O–H groups in total. The lowest BCUT2D eigenvalue weighted by Crippen LogP contribution is -2.21. The summed E-state index contributed by atoms with van der Waals surface area (Å²) in [6, 6.07) is 16.6. The predicted molar refractivity (Wildman–Crippen MR) is 126 cm³/mol. The maximum atomic E-state index is 11.2. The van der Waals surface area contributed by atoms with Gasteiger partial charge >= 0.3 is 0 Å². The monoisotopic (exact) mass is 419 g/mol. The van der Waals surface area contributed by atoms with Crippen LogP contribution in [0.15, 0.2) is 61.2 Å². The molecular formula is C26H33N3O2. The van der Waals surface area contributed by atoms with Crippen LogP contribution in [0, 0.1) is 6.92 Å².